The van der Waals surface area contributed by atoms with Gasteiger partial charge in [-0.3, -0.25) is 0 Å². The van der Waals surface area contributed by atoms with Crippen LogP contribution in [-0.4, -0.2) is 36.6 Å². The molecule has 16 heavy (non-hydrogen) atoms. The first-order valence-electron chi connectivity index (χ1n) is 6.05. The van der Waals surface area contributed by atoms with E-state index < -0.39 is 0 Å². The summed E-state index contributed by atoms with van der Waals surface area (Å²) in [5.41, 5.74) is 5.62. The number of hydrogen-bond donors (Lipinski definition) is 1. The molecule has 1 unspecified atom stereocenters. The van der Waals surface area contributed by atoms with E-state index in [2.05, 4.69) is 23.9 Å². The number of aromatic nitrogens is 1. The molecule has 0 amide bonds. The minimum Gasteiger partial charge on any atom is -0.445 e. The van der Waals surface area contributed by atoms with Crippen molar-refractivity contribution in [1.82, 2.24) is 9.88 Å². The van der Waals surface area contributed by atoms with E-state index in [0.29, 0.717) is 12.5 Å². The summed E-state index contributed by atoms with van der Waals surface area (Å²) < 4.78 is 5.80. The fourth-order valence-electron chi connectivity index (χ4n) is 2.09. The first kappa shape index (κ1) is 11.6. The van der Waals surface area contributed by atoms with E-state index in [-0.39, 0.29) is 5.92 Å². The maximum atomic E-state index is 5.80. The molecule has 1 fully saturated rings. The summed E-state index contributed by atoms with van der Waals surface area (Å²) in [6.07, 6.45) is 4.13. The quantitative estimate of drug-likeness (QED) is 0.844. The first-order chi connectivity index (χ1) is 7.70. The van der Waals surface area contributed by atoms with E-state index in [0.717, 1.165) is 37.6 Å². The van der Waals surface area contributed by atoms with Crippen LogP contribution in [0.2, 0.25) is 0 Å². The Balaban J connectivity index is 2.01. The monoisotopic (exact) mass is 223 g/mol. The molecule has 2 rings (SSSR count). The maximum Gasteiger partial charge on any atom is 0.197 e. The molecule has 0 aliphatic carbocycles. The number of rotatable bonds is 3. The Morgan fingerprint density at radius 2 is 2.25 bits per heavy atom. The van der Waals surface area contributed by atoms with Gasteiger partial charge < -0.3 is 15.1 Å². The van der Waals surface area contributed by atoms with Gasteiger partial charge in [0.05, 0.1) is 6.20 Å². The van der Waals surface area contributed by atoms with Crippen LogP contribution >= 0.6 is 0 Å². The molecule has 0 aromatic carbocycles. The van der Waals surface area contributed by atoms with Gasteiger partial charge in [-0.25, -0.2) is 4.98 Å². The summed E-state index contributed by atoms with van der Waals surface area (Å²) in [5, 5.41) is 0. The van der Waals surface area contributed by atoms with Crippen molar-refractivity contribution in [2.75, 3.05) is 26.7 Å². The Kier molecular flexibility index (Phi) is 3.61. The molecule has 1 aromatic heterocycles. The van der Waals surface area contributed by atoms with E-state index in [1.54, 1.807) is 0 Å². The van der Waals surface area contributed by atoms with Crippen LogP contribution in [0.4, 0.5) is 0 Å². The molecule has 90 valence electrons. The normalized spacial score (nSPS) is 21.2. The highest BCUT2D eigenvalue weighted by Crippen LogP contribution is 2.28. The largest absolute Gasteiger partial charge is 0.445 e. The predicted octanol–water partition coefficient (Wildman–Crippen LogP) is 1.55. The second-order valence-electron chi connectivity index (χ2n) is 4.82. The Labute approximate surface area is 96.8 Å². The third-order valence-corrected chi connectivity index (χ3v) is 3.45. The molecule has 1 aliphatic heterocycles. The lowest BCUT2D eigenvalue weighted by molar-refractivity contribution is 0.234. The zero-order valence-electron chi connectivity index (χ0n) is 10.1. The number of nitrogens with two attached hydrogens (primary N) is 1. The van der Waals surface area contributed by atoms with Crippen molar-refractivity contribution in [2.45, 2.75) is 31.6 Å². The maximum absolute atomic E-state index is 5.80. The zero-order chi connectivity index (χ0) is 11.5. The van der Waals surface area contributed by atoms with Crippen molar-refractivity contribution < 1.29 is 4.42 Å². The van der Waals surface area contributed by atoms with Crippen LogP contribution in [0.1, 0.15) is 43.3 Å². The van der Waals surface area contributed by atoms with Crippen LogP contribution in [0.25, 0.3) is 0 Å². The molecule has 2 heterocycles. The third-order valence-electron chi connectivity index (χ3n) is 3.45. The smallest absolute Gasteiger partial charge is 0.197 e. The van der Waals surface area contributed by atoms with Crippen molar-refractivity contribution in [1.29, 1.82) is 0 Å². The van der Waals surface area contributed by atoms with Gasteiger partial charge in [0.1, 0.15) is 5.76 Å². The van der Waals surface area contributed by atoms with Gasteiger partial charge in [0.15, 0.2) is 5.89 Å². The third kappa shape index (κ3) is 2.44. The fourth-order valence-corrected chi connectivity index (χ4v) is 2.09. The number of oxazole rings is 1. The molecule has 4 heteroatoms. The molecule has 4 nitrogen and oxygen atoms in total. The van der Waals surface area contributed by atoms with Crippen molar-refractivity contribution in [3.63, 3.8) is 0 Å². The van der Waals surface area contributed by atoms with Gasteiger partial charge in [0.2, 0.25) is 0 Å². The minimum atomic E-state index is 0.271. The minimum absolute atomic E-state index is 0.271. The van der Waals surface area contributed by atoms with Crippen LogP contribution in [-0.2, 0) is 0 Å². The van der Waals surface area contributed by atoms with Crippen LogP contribution < -0.4 is 5.73 Å². The van der Waals surface area contributed by atoms with Crippen LogP contribution in [0.3, 0.4) is 0 Å². The average Bonchev–Trinajstić information content (AvgIpc) is 2.78. The summed E-state index contributed by atoms with van der Waals surface area (Å²) in [4.78, 5) is 6.74. The Hall–Kier alpha value is -0.870. The Bertz CT molecular complexity index is 329. The molecule has 1 atom stereocenters. The van der Waals surface area contributed by atoms with Crippen LogP contribution in [0.5, 0.6) is 0 Å². The van der Waals surface area contributed by atoms with Crippen LogP contribution in [0, 0.1) is 0 Å². The van der Waals surface area contributed by atoms with E-state index in [4.69, 9.17) is 10.2 Å². The van der Waals surface area contributed by atoms with Crippen molar-refractivity contribution in [3.8, 4) is 0 Å². The molecule has 0 spiro atoms. The zero-order valence-corrected chi connectivity index (χ0v) is 10.1. The molecule has 1 saturated heterocycles. The molecule has 0 bridgehead atoms. The predicted molar refractivity (Wildman–Crippen MR) is 63.4 cm³/mol. The summed E-state index contributed by atoms with van der Waals surface area (Å²) in [6, 6.07) is 0. The molecular weight excluding hydrogens is 202 g/mol. The standard InChI is InChI=1S/C12H21N3O/c1-9(7-13)11-8-14-12(16-11)10-3-5-15(2)6-4-10/h8-10H,3-7,13H2,1-2H3. The summed E-state index contributed by atoms with van der Waals surface area (Å²) in [6.45, 7) is 4.95. The van der Waals surface area contributed by atoms with E-state index in [1.165, 1.54) is 0 Å². The summed E-state index contributed by atoms with van der Waals surface area (Å²) >= 11 is 0. The van der Waals surface area contributed by atoms with Crippen molar-refractivity contribution >= 4 is 0 Å². The first-order valence-corrected chi connectivity index (χ1v) is 6.05. The molecule has 1 aromatic rings. The lowest BCUT2D eigenvalue weighted by Gasteiger charge is -2.26. The highest BCUT2D eigenvalue weighted by Gasteiger charge is 2.23. The topological polar surface area (TPSA) is 55.3 Å². The molecule has 0 radical (unpaired) electrons. The van der Waals surface area contributed by atoms with Gasteiger partial charge in [0, 0.05) is 18.4 Å². The highest BCUT2D eigenvalue weighted by molar-refractivity contribution is 5.04. The lowest BCUT2D eigenvalue weighted by atomic mass is 9.97. The lowest BCUT2D eigenvalue weighted by Crippen LogP contribution is -2.29. The highest BCUT2D eigenvalue weighted by atomic mass is 16.4. The van der Waals surface area contributed by atoms with Crippen LogP contribution in [0.15, 0.2) is 10.6 Å². The number of nitrogens with zero attached hydrogens (tertiary/aromatic N) is 2. The van der Waals surface area contributed by atoms with Gasteiger partial charge in [-0.05, 0) is 33.0 Å². The van der Waals surface area contributed by atoms with Crippen molar-refractivity contribution in [3.05, 3.63) is 17.8 Å². The molecular formula is C12H21N3O. The van der Waals surface area contributed by atoms with Crippen molar-refractivity contribution in [2.24, 2.45) is 5.73 Å². The Morgan fingerprint density at radius 1 is 1.56 bits per heavy atom. The summed E-state index contributed by atoms with van der Waals surface area (Å²) in [5.74, 6) is 2.60. The van der Waals surface area contributed by atoms with E-state index in [9.17, 15) is 0 Å². The van der Waals surface area contributed by atoms with Gasteiger partial charge >= 0.3 is 0 Å². The molecule has 2 N–H and O–H groups in total. The average molecular weight is 223 g/mol. The second kappa shape index (κ2) is 4.97. The van der Waals surface area contributed by atoms with E-state index >= 15 is 0 Å². The van der Waals surface area contributed by atoms with E-state index in [1.807, 2.05) is 6.20 Å². The SMILES string of the molecule is CC(CN)c1cnc(C2CCN(C)CC2)o1. The number of hydrogen-bond acceptors (Lipinski definition) is 4. The second-order valence-corrected chi connectivity index (χ2v) is 4.82. The van der Waals surface area contributed by atoms with Gasteiger partial charge in [0.25, 0.3) is 0 Å². The van der Waals surface area contributed by atoms with Gasteiger partial charge in [-0.1, -0.05) is 6.92 Å². The molecule has 1 aliphatic rings. The summed E-state index contributed by atoms with van der Waals surface area (Å²) in [7, 11) is 2.16. The number of piperidine rings is 1. The fraction of sp³-hybridized carbons (Fsp3) is 0.750. The molecule has 0 saturated carbocycles. The Morgan fingerprint density at radius 3 is 2.88 bits per heavy atom. The van der Waals surface area contributed by atoms with Gasteiger partial charge in [-0.15, -0.1) is 0 Å². The van der Waals surface area contributed by atoms with Gasteiger partial charge in [-0.2, -0.15) is 0 Å². The number of likely N-dealkylation sites (tertiary alicyclic amines) is 1.